The number of rotatable bonds is 3. The lowest BCUT2D eigenvalue weighted by Crippen LogP contribution is -2.18. The topological polar surface area (TPSA) is 41.5 Å². The zero-order chi connectivity index (χ0) is 8.69. The number of nitrogens with zero attached hydrogens (tertiary/aromatic N) is 1. The van der Waals surface area contributed by atoms with Crippen LogP contribution in [0.3, 0.4) is 0 Å². The standard InChI is InChI=1S/C8H12N2O/c1-4-10-6-5-7(2)8(11)9-3/h4-6H,2H2,1,3H3,(H,9,11)/b6-5-,10-4?. The van der Waals surface area contributed by atoms with E-state index in [1.54, 1.807) is 26.3 Å². The van der Waals surface area contributed by atoms with Gasteiger partial charge >= 0.3 is 0 Å². The van der Waals surface area contributed by atoms with E-state index in [4.69, 9.17) is 0 Å². The first-order valence-electron chi connectivity index (χ1n) is 3.27. The van der Waals surface area contributed by atoms with Gasteiger partial charge in [0.15, 0.2) is 0 Å². The van der Waals surface area contributed by atoms with Gasteiger partial charge in [-0.25, -0.2) is 0 Å². The van der Waals surface area contributed by atoms with Crippen molar-refractivity contribution in [2.75, 3.05) is 7.05 Å². The maximum absolute atomic E-state index is 10.8. The molecule has 0 rings (SSSR count). The quantitative estimate of drug-likeness (QED) is 0.364. The second-order valence-electron chi connectivity index (χ2n) is 1.83. The van der Waals surface area contributed by atoms with Crippen molar-refractivity contribution in [2.45, 2.75) is 6.92 Å². The molecule has 0 bridgehead atoms. The molecule has 0 aromatic heterocycles. The fourth-order valence-corrected chi connectivity index (χ4v) is 0.455. The van der Waals surface area contributed by atoms with E-state index < -0.39 is 0 Å². The van der Waals surface area contributed by atoms with Crippen LogP contribution in [0.1, 0.15) is 6.92 Å². The highest BCUT2D eigenvalue weighted by Gasteiger charge is 1.97. The van der Waals surface area contributed by atoms with Crippen molar-refractivity contribution < 1.29 is 4.79 Å². The van der Waals surface area contributed by atoms with Crippen molar-refractivity contribution in [3.63, 3.8) is 0 Å². The minimum Gasteiger partial charge on any atom is -0.355 e. The van der Waals surface area contributed by atoms with Crippen molar-refractivity contribution in [2.24, 2.45) is 4.99 Å². The lowest BCUT2D eigenvalue weighted by Gasteiger charge is -1.94. The predicted molar refractivity (Wildman–Crippen MR) is 46.5 cm³/mol. The van der Waals surface area contributed by atoms with Crippen LogP contribution in [0.25, 0.3) is 0 Å². The zero-order valence-corrected chi connectivity index (χ0v) is 6.79. The highest BCUT2D eigenvalue weighted by Crippen LogP contribution is 1.91. The van der Waals surface area contributed by atoms with Crippen molar-refractivity contribution in [3.8, 4) is 0 Å². The third-order valence-corrected chi connectivity index (χ3v) is 1.03. The first-order valence-corrected chi connectivity index (χ1v) is 3.27. The van der Waals surface area contributed by atoms with Gasteiger partial charge in [-0.2, -0.15) is 0 Å². The van der Waals surface area contributed by atoms with Crippen molar-refractivity contribution in [1.82, 2.24) is 5.32 Å². The van der Waals surface area contributed by atoms with Crippen LogP contribution in [0, 0.1) is 0 Å². The third kappa shape index (κ3) is 4.08. The Morgan fingerprint density at radius 1 is 1.64 bits per heavy atom. The Kier molecular flexibility index (Phi) is 4.73. The fraction of sp³-hybridized carbons (Fsp3) is 0.250. The molecule has 0 aliphatic rings. The van der Waals surface area contributed by atoms with Gasteiger partial charge < -0.3 is 5.32 Å². The fourth-order valence-electron chi connectivity index (χ4n) is 0.455. The number of nitrogens with one attached hydrogen (secondary N) is 1. The molecule has 0 aromatic carbocycles. The van der Waals surface area contributed by atoms with Gasteiger partial charge in [0.25, 0.3) is 0 Å². The molecular weight excluding hydrogens is 140 g/mol. The first kappa shape index (κ1) is 9.62. The number of hydrogen-bond acceptors (Lipinski definition) is 2. The van der Waals surface area contributed by atoms with Crippen LogP contribution in [-0.4, -0.2) is 19.2 Å². The van der Waals surface area contributed by atoms with Gasteiger partial charge in [0.2, 0.25) is 5.91 Å². The number of likely N-dealkylation sites (N-methyl/N-ethyl adjacent to an activating group) is 1. The summed E-state index contributed by atoms with van der Waals surface area (Å²) in [7, 11) is 1.56. The summed E-state index contributed by atoms with van der Waals surface area (Å²) in [5.41, 5.74) is 0.401. The Labute approximate surface area is 66.5 Å². The molecule has 0 unspecified atom stereocenters. The Morgan fingerprint density at radius 2 is 2.27 bits per heavy atom. The Morgan fingerprint density at radius 3 is 2.73 bits per heavy atom. The Balaban J connectivity index is 3.97. The number of aliphatic imine (C=N–C) groups is 1. The Hall–Kier alpha value is -1.38. The molecule has 1 N–H and O–H groups in total. The molecule has 0 heterocycles. The molecule has 0 atom stereocenters. The summed E-state index contributed by atoms with van der Waals surface area (Å²) < 4.78 is 0. The van der Waals surface area contributed by atoms with E-state index in [0.717, 1.165) is 0 Å². The SMILES string of the molecule is C=C(/C=C\N=CC)C(=O)NC. The van der Waals surface area contributed by atoms with Crippen LogP contribution >= 0.6 is 0 Å². The van der Waals surface area contributed by atoms with E-state index in [-0.39, 0.29) is 5.91 Å². The number of carbonyl (C=O) groups excluding carboxylic acids is 1. The lowest BCUT2D eigenvalue weighted by atomic mass is 10.3. The summed E-state index contributed by atoms with van der Waals surface area (Å²) in [4.78, 5) is 14.6. The van der Waals surface area contributed by atoms with Gasteiger partial charge in [-0.15, -0.1) is 0 Å². The monoisotopic (exact) mass is 152 g/mol. The molecule has 0 aliphatic heterocycles. The lowest BCUT2D eigenvalue weighted by molar-refractivity contribution is -0.116. The minimum absolute atomic E-state index is 0.187. The summed E-state index contributed by atoms with van der Waals surface area (Å²) in [6.45, 7) is 5.32. The summed E-state index contributed by atoms with van der Waals surface area (Å²) in [6, 6.07) is 0. The smallest absolute Gasteiger partial charge is 0.250 e. The zero-order valence-electron chi connectivity index (χ0n) is 6.79. The van der Waals surface area contributed by atoms with Gasteiger partial charge in [-0.1, -0.05) is 6.58 Å². The average molecular weight is 152 g/mol. The van der Waals surface area contributed by atoms with Gasteiger partial charge in [-0.3, -0.25) is 9.79 Å². The van der Waals surface area contributed by atoms with Crippen molar-refractivity contribution in [1.29, 1.82) is 0 Å². The predicted octanol–water partition coefficient (Wildman–Crippen LogP) is 0.893. The van der Waals surface area contributed by atoms with Crippen LogP contribution in [0.2, 0.25) is 0 Å². The van der Waals surface area contributed by atoms with Crippen molar-refractivity contribution >= 4 is 12.1 Å². The highest BCUT2D eigenvalue weighted by atomic mass is 16.1. The number of carbonyl (C=O) groups is 1. The Bertz CT molecular complexity index is 204. The molecule has 0 aromatic rings. The molecule has 1 amide bonds. The van der Waals surface area contributed by atoms with Crippen molar-refractivity contribution in [3.05, 3.63) is 24.4 Å². The van der Waals surface area contributed by atoms with Gasteiger partial charge in [0.1, 0.15) is 0 Å². The highest BCUT2D eigenvalue weighted by molar-refractivity contribution is 5.95. The molecule has 0 aliphatic carbocycles. The summed E-state index contributed by atoms with van der Waals surface area (Å²) in [5, 5.41) is 2.45. The largest absolute Gasteiger partial charge is 0.355 e. The maximum atomic E-state index is 10.8. The van der Waals surface area contributed by atoms with Crippen LogP contribution in [-0.2, 0) is 4.79 Å². The first-order chi connectivity index (χ1) is 5.22. The molecular formula is C8H12N2O. The van der Waals surface area contributed by atoms with Crippen LogP contribution in [0.4, 0.5) is 0 Å². The van der Waals surface area contributed by atoms with Crippen LogP contribution < -0.4 is 5.32 Å². The number of hydrogen-bond donors (Lipinski definition) is 1. The van der Waals surface area contributed by atoms with Gasteiger partial charge in [0, 0.05) is 25.0 Å². The molecule has 11 heavy (non-hydrogen) atoms. The second kappa shape index (κ2) is 5.41. The van der Waals surface area contributed by atoms with E-state index in [1.165, 1.54) is 6.20 Å². The minimum atomic E-state index is -0.187. The molecule has 3 nitrogen and oxygen atoms in total. The molecule has 0 saturated heterocycles. The van der Waals surface area contributed by atoms with E-state index in [1.807, 2.05) is 0 Å². The molecule has 0 saturated carbocycles. The van der Waals surface area contributed by atoms with Gasteiger partial charge in [-0.05, 0) is 13.0 Å². The number of amides is 1. The average Bonchev–Trinajstić information content (AvgIpc) is 2.03. The maximum Gasteiger partial charge on any atom is 0.250 e. The molecule has 0 spiro atoms. The van der Waals surface area contributed by atoms with E-state index in [2.05, 4.69) is 16.9 Å². The summed E-state index contributed by atoms with van der Waals surface area (Å²) >= 11 is 0. The summed E-state index contributed by atoms with van der Waals surface area (Å²) in [6.07, 6.45) is 4.71. The van der Waals surface area contributed by atoms with E-state index in [0.29, 0.717) is 5.57 Å². The summed E-state index contributed by atoms with van der Waals surface area (Å²) in [5.74, 6) is -0.187. The molecule has 3 heteroatoms. The van der Waals surface area contributed by atoms with Crippen LogP contribution in [0.5, 0.6) is 0 Å². The second-order valence-corrected chi connectivity index (χ2v) is 1.83. The third-order valence-electron chi connectivity index (χ3n) is 1.03. The normalized spacial score (nSPS) is 10.7. The van der Waals surface area contributed by atoms with E-state index in [9.17, 15) is 4.79 Å². The van der Waals surface area contributed by atoms with E-state index >= 15 is 0 Å². The molecule has 0 fully saturated rings. The van der Waals surface area contributed by atoms with Crippen LogP contribution in [0.15, 0.2) is 29.4 Å². The molecule has 0 radical (unpaired) electrons. The van der Waals surface area contributed by atoms with Gasteiger partial charge in [0.05, 0.1) is 0 Å². The molecule has 60 valence electrons.